The summed E-state index contributed by atoms with van der Waals surface area (Å²) in [5.41, 5.74) is 0.659. The molecule has 1 aliphatic heterocycles. The highest BCUT2D eigenvalue weighted by atomic mass is 35.5. The Bertz CT molecular complexity index is 727. The number of nitrogens with zero attached hydrogens (tertiary/aromatic N) is 3. The van der Waals surface area contributed by atoms with Crippen molar-refractivity contribution in [2.75, 3.05) is 11.9 Å². The van der Waals surface area contributed by atoms with E-state index in [1.165, 1.54) is 17.5 Å². The van der Waals surface area contributed by atoms with E-state index >= 15 is 0 Å². The van der Waals surface area contributed by atoms with Gasteiger partial charge in [0.05, 0.1) is 10.9 Å². The molecule has 7 heteroatoms. The van der Waals surface area contributed by atoms with Crippen molar-refractivity contribution in [2.45, 2.75) is 57.7 Å². The summed E-state index contributed by atoms with van der Waals surface area (Å²) in [6.45, 7) is 8.87. The van der Waals surface area contributed by atoms with Crippen LogP contribution in [0.3, 0.4) is 0 Å². The maximum absolute atomic E-state index is 14.1. The summed E-state index contributed by atoms with van der Waals surface area (Å²) >= 11 is 7.11. The second-order valence-corrected chi connectivity index (χ2v) is 8.98. The van der Waals surface area contributed by atoms with Crippen molar-refractivity contribution in [2.24, 2.45) is 0 Å². The number of rotatable bonds is 2. The molecule has 1 saturated heterocycles. The molecule has 23 heavy (non-hydrogen) atoms. The van der Waals surface area contributed by atoms with Crippen LogP contribution in [0, 0.1) is 5.82 Å². The first-order chi connectivity index (χ1) is 10.6. The molecule has 1 N–H and O–H groups in total. The molecule has 0 amide bonds. The molecule has 0 unspecified atom stereocenters. The molecule has 1 fully saturated rings. The molecule has 0 bridgehead atoms. The fourth-order valence-corrected chi connectivity index (χ4v) is 4.89. The van der Waals surface area contributed by atoms with Crippen molar-refractivity contribution < 1.29 is 4.39 Å². The zero-order valence-electron chi connectivity index (χ0n) is 14.1. The SMILES string of the molecule is CN(c1nc2cnc(Cl)c(F)c2s1)C1CC(C)(C)NC(C)(C)C1. The number of halogens is 2. The van der Waals surface area contributed by atoms with E-state index < -0.39 is 5.82 Å². The number of hydrogen-bond donors (Lipinski definition) is 1. The van der Waals surface area contributed by atoms with Gasteiger partial charge in [0.15, 0.2) is 16.1 Å². The fraction of sp³-hybridized carbons (Fsp3) is 0.625. The molecule has 126 valence electrons. The van der Waals surface area contributed by atoms with Crippen LogP contribution in [0.5, 0.6) is 0 Å². The zero-order chi connectivity index (χ0) is 17.0. The summed E-state index contributed by atoms with van der Waals surface area (Å²) in [4.78, 5) is 10.6. The van der Waals surface area contributed by atoms with Gasteiger partial charge in [-0.15, -0.1) is 0 Å². The van der Waals surface area contributed by atoms with Gasteiger partial charge >= 0.3 is 0 Å². The molecular weight excluding hydrogens is 335 g/mol. The van der Waals surface area contributed by atoms with Crippen molar-refractivity contribution in [3.8, 4) is 0 Å². The largest absolute Gasteiger partial charge is 0.348 e. The van der Waals surface area contributed by atoms with E-state index in [1.54, 1.807) is 0 Å². The Morgan fingerprint density at radius 2 is 1.91 bits per heavy atom. The smallest absolute Gasteiger partial charge is 0.186 e. The predicted octanol–water partition coefficient (Wildman–Crippen LogP) is 4.23. The van der Waals surface area contributed by atoms with Gasteiger partial charge < -0.3 is 10.2 Å². The first kappa shape index (κ1) is 16.9. The molecule has 4 nitrogen and oxygen atoms in total. The van der Waals surface area contributed by atoms with Crippen LogP contribution in [0.2, 0.25) is 5.15 Å². The van der Waals surface area contributed by atoms with Crippen LogP contribution < -0.4 is 10.2 Å². The summed E-state index contributed by atoms with van der Waals surface area (Å²) < 4.78 is 14.6. The highest BCUT2D eigenvalue weighted by molar-refractivity contribution is 7.22. The van der Waals surface area contributed by atoms with Gasteiger partial charge in [0.1, 0.15) is 5.52 Å². The van der Waals surface area contributed by atoms with Gasteiger partial charge in [-0.2, -0.15) is 0 Å². The Kier molecular flexibility index (Phi) is 4.06. The minimum absolute atomic E-state index is 0.0491. The normalized spacial score (nSPS) is 20.8. The van der Waals surface area contributed by atoms with Crippen LogP contribution in [0.1, 0.15) is 40.5 Å². The fourth-order valence-electron chi connectivity index (χ4n) is 3.68. The lowest BCUT2D eigenvalue weighted by Gasteiger charge is -2.48. The van der Waals surface area contributed by atoms with Crippen molar-refractivity contribution >= 4 is 38.3 Å². The van der Waals surface area contributed by atoms with E-state index in [9.17, 15) is 4.39 Å². The molecule has 3 rings (SSSR count). The van der Waals surface area contributed by atoms with Crippen LogP contribution in [0.25, 0.3) is 10.2 Å². The summed E-state index contributed by atoms with van der Waals surface area (Å²) in [5.74, 6) is -0.479. The molecule has 0 aromatic carbocycles. The third kappa shape index (κ3) is 3.30. The van der Waals surface area contributed by atoms with Crippen molar-refractivity contribution in [3.05, 3.63) is 17.2 Å². The average Bonchev–Trinajstić information content (AvgIpc) is 2.83. The van der Waals surface area contributed by atoms with Crippen LogP contribution in [0.4, 0.5) is 9.52 Å². The molecule has 0 atom stereocenters. The van der Waals surface area contributed by atoms with Crippen molar-refractivity contribution in [1.29, 1.82) is 0 Å². The molecule has 3 heterocycles. The number of aromatic nitrogens is 2. The number of thiazole rings is 1. The lowest BCUT2D eigenvalue weighted by Crippen LogP contribution is -2.61. The molecule has 2 aromatic rings. The molecule has 2 aromatic heterocycles. The van der Waals surface area contributed by atoms with Crippen LogP contribution in [-0.2, 0) is 0 Å². The maximum atomic E-state index is 14.1. The van der Waals surface area contributed by atoms with Gasteiger partial charge in [0.2, 0.25) is 0 Å². The van der Waals surface area contributed by atoms with E-state index in [-0.39, 0.29) is 16.2 Å². The number of pyridine rings is 1. The van der Waals surface area contributed by atoms with E-state index in [0.717, 1.165) is 18.0 Å². The van der Waals surface area contributed by atoms with Crippen LogP contribution in [0.15, 0.2) is 6.20 Å². The van der Waals surface area contributed by atoms with Gasteiger partial charge in [0, 0.05) is 24.2 Å². The lowest BCUT2D eigenvalue weighted by atomic mass is 9.79. The summed E-state index contributed by atoms with van der Waals surface area (Å²) in [7, 11) is 2.03. The lowest BCUT2D eigenvalue weighted by molar-refractivity contribution is 0.161. The zero-order valence-corrected chi connectivity index (χ0v) is 15.6. The molecule has 0 spiro atoms. The molecule has 0 saturated carbocycles. The van der Waals surface area contributed by atoms with E-state index in [1.807, 2.05) is 7.05 Å². The van der Waals surface area contributed by atoms with Gasteiger partial charge in [-0.25, -0.2) is 14.4 Å². The van der Waals surface area contributed by atoms with E-state index in [2.05, 4.69) is 47.9 Å². The third-order valence-corrected chi connectivity index (χ3v) is 5.76. The Morgan fingerprint density at radius 1 is 1.30 bits per heavy atom. The molecule has 0 radical (unpaired) electrons. The van der Waals surface area contributed by atoms with E-state index in [0.29, 0.717) is 16.3 Å². The Hall–Kier alpha value is -0.980. The maximum Gasteiger partial charge on any atom is 0.186 e. The van der Waals surface area contributed by atoms with Crippen molar-refractivity contribution in [3.63, 3.8) is 0 Å². The van der Waals surface area contributed by atoms with E-state index in [4.69, 9.17) is 11.6 Å². The minimum atomic E-state index is -0.479. The van der Waals surface area contributed by atoms with Crippen LogP contribution in [-0.4, -0.2) is 34.1 Å². The second-order valence-electron chi connectivity index (χ2n) is 7.64. The Labute approximate surface area is 145 Å². The standard InChI is InChI=1S/C16H22ClFN4S/c1-15(2)6-9(7-16(3,4)21-15)22(5)14-20-10-8-19-13(17)11(18)12(10)23-14/h8-9,21H,6-7H2,1-5H3. The second kappa shape index (κ2) is 5.53. The average molecular weight is 357 g/mol. The molecule has 0 aliphatic carbocycles. The topological polar surface area (TPSA) is 41.1 Å². The number of hydrogen-bond acceptors (Lipinski definition) is 5. The summed E-state index contributed by atoms with van der Waals surface area (Å²) in [5, 5.41) is 4.39. The van der Waals surface area contributed by atoms with Gasteiger partial charge in [-0.3, -0.25) is 0 Å². The molecule has 1 aliphatic rings. The number of piperidine rings is 1. The van der Waals surface area contributed by atoms with Gasteiger partial charge in [0.25, 0.3) is 0 Å². The monoisotopic (exact) mass is 356 g/mol. The summed E-state index contributed by atoms with van der Waals surface area (Å²) in [6.07, 6.45) is 3.54. The molecular formula is C16H22ClFN4S. The van der Waals surface area contributed by atoms with Gasteiger partial charge in [-0.05, 0) is 40.5 Å². The van der Waals surface area contributed by atoms with Gasteiger partial charge in [-0.1, -0.05) is 22.9 Å². The minimum Gasteiger partial charge on any atom is -0.348 e. The van der Waals surface area contributed by atoms with Crippen molar-refractivity contribution in [1.82, 2.24) is 15.3 Å². The van der Waals surface area contributed by atoms with Crippen LogP contribution >= 0.6 is 22.9 Å². The quantitative estimate of drug-likeness (QED) is 0.817. The highest BCUT2D eigenvalue weighted by Gasteiger charge is 2.39. The highest BCUT2D eigenvalue weighted by Crippen LogP contribution is 2.37. The summed E-state index contributed by atoms with van der Waals surface area (Å²) in [6, 6.07) is 0.341. The Morgan fingerprint density at radius 3 is 2.52 bits per heavy atom. The third-order valence-electron chi connectivity index (χ3n) is 4.34. The number of fused-ring (bicyclic) bond motifs is 1. The first-order valence-electron chi connectivity index (χ1n) is 7.71. The first-order valence-corrected chi connectivity index (χ1v) is 8.90. The number of anilines is 1. The number of nitrogens with one attached hydrogen (secondary N) is 1. The predicted molar refractivity (Wildman–Crippen MR) is 95.1 cm³/mol. The Balaban J connectivity index is 1.94.